The number of hydrogen-bond donors (Lipinski definition) is 0. The molecular weight excluding hydrogens is 676 g/mol. The largest absolute Gasteiger partial charge is 0.497 e. The predicted molar refractivity (Wildman–Crippen MR) is 157 cm³/mol. The normalized spacial score (nSPS) is 17.3. The van der Waals surface area contributed by atoms with Crippen LogP contribution in [-0.2, 0) is 28.8 Å². The average molecular weight is 701 g/mol. The summed E-state index contributed by atoms with van der Waals surface area (Å²) < 4.78 is 18.1. The smallest absolute Gasteiger partial charge is 0.333 e. The van der Waals surface area contributed by atoms with Crippen LogP contribution >= 0.6 is 31.9 Å². The Morgan fingerprint density at radius 2 is 1.71 bits per heavy atom. The van der Waals surface area contributed by atoms with E-state index in [2.05, 4.69) is 37.9 Å². The summed E-state index contributed by atoms with van der Waals surface area (Å²) in [6.45, 7) is 0.348. The Labute approximate surface area is 258 Å². The van der Waals surface area contributed by atoms with Gasteiger partial charge in [-0.2, -0.15) is 0 Å². The molecule has 2 aromatic rings. The van der Waals surface area contributed by atoms with Gasteiger partial charge in [-0.05, 0) is 68.6 Å². The highest BCUT2D eigenvalue weighted by molar-refractivity contribution is 9.11. The highest BCUT2D eigenvalue weighted by Gasteiger charge is 2.44. The first-order valence-corrected chi connectivity index (χ1v) is 14.6. The number of hydroxylamine groups is 2. The Morgan fingerprint density at radius 1 is 1.00 bits per heavy atom. The number of allylic oxidation sites excluding steroid dienone is 3. The molecule has 0 spiro atoms. The van der Waals surface area contributed by atoms with Crippen molar-refractivity contribution in [1.82, 2.24) is 5.06 Å². The third-order valence-corrected chi connectivity index (χ3v) is 8.13. The van der Waals surface area contributed by atoms with Gasteiger partial charge in [0.05, 0.1) is 47.1 Å². The number of imide groups is 1. The molecule has 1 aliphatic carbocycles. The number of ether oxygens (including phenoxy) is 3. The summed E-state index contributed by atoms with van der Waals surface area (Å²) in [4.78, 5) is 57.0. The van der Waals surface area contributed by atoms with E-state index >= 15 is 0 Å². The molecule has 1 fully saturated rings. The van der Waals surface area contributed by atoms with Gasteiger partial charge in [0.2, 0.25) is 0 Å². The molecule has 2 heterocycles. The number of halogens is 2. The molecule has 5 rings (SSSR count). The van der Waals surface area contributed by atoms with Crippen molar-refractivity contribution in [2.75, 3.05) is 25.7 Å². The van der Waals surface area contributed by atoms with E-state index in [9.17, 15) is 19.2 Å². The zero-order valence-corrected chi connectivity index (χ0v) is 25.8. The summed E-state index contributed by atoms with van der Waals surface area (Å²) >= 11 is 6.90. The Bertz CT molecular complexity index is 1530. The maximum absolute atomic E-state index is 13.9. The van der Waals surface area contributed by atoms with Crippen LogP contribution in [0.1, 0.15) is 37.2 Å². The highest BCUT2D eigenvalue weighted by atomic mass is 79.9. The van der Waals surface area contributed by atoms with Crippen LogP contribution in [-0.4, -0.2) is 49.6 Å². The van der Waals surface area contributed by atoms with E-state index in [0.29, 0.717) is 66.8 Å². The Kier molecular flexibility index (Phi) is 8.77. The number of benzene rings is 2. The van der Waals surface area contributed by atoms with Crippen molar-refractivity contribution in [2.24, 2.45) is 0 Å². The van der Waals surface area contributed by atoms with Crippen LogP contribution < -0.4 is 14.4 Å². The fraction of sp³-hybridized carbons (Fsp3) is 0.267. The third-order valence-electron chi connectivity index (χ3n) is 6.88. The lowest BCUT2D eigenvalue weighted by Gasteiger charge is -2.33. The number of anilines is 1. The summed E-state index contributed by atoms with van der Waals surface area (Å²) in [6, 6.07) is 10.8. The quantitative estimate of drug-likeness (QED) is 0.149. The molecule has 12 heteroatoms. The van der Waals surface area contributed by atoms with Crippen molar-refractivity contribution in [3.05, 3.63) is 86.2 Å². The fourth-order valence-corrected chi connectivity index (χ4v) is 6.05. The number of carbonyl (C=O) groups is 4. The molecule has 2 aliphatic heterocycles. The van der Waals surface area contributed by atoms with Gasteiger partial charge >= 0.3 is 11.9 Å². The van der Waals surface area contributed by atoms with Crippen molar-refractivity contribution in [2.45, 2.75) is 31.6 Å². The molecule has 0 N–H and O–H groups in total. The van der Waals surface area contributed by atoms with Crippen LogP contribution in [0.3, 0.4) is 0 Å². The van der Waals surface area contributed by atoms with Crippen molar-refractivity contribution in [3.8, 4) is 11.5 Å². The molecular formula is C30H25Br2N2O8+. The molecule has 0 radical (unpaired) electrons. The van der Waals surface area contributed by atoms with E-state index in [4.69, 9.17) is 19.0 Å². The highest BCUT2D eigenvalue weighted by Crippen LogP contribution is 2.46. The number of nitrogens with zero attached hydrogens (tertiary/aromatic N) is 2. The minimum atomic E-state index is -0.882. The summed E-state index contributed by atoms with van der Waals surface area (Å²) in [7, 11) is 3.06. The van der Waals surface area contributed by atoms with Crippen LogP contribution in [0.25, 0.3) is 0 Å². The molecule has 3 aliphatic rings. The van der Waals surface area contributed by atoms with E-state index in [1.54, 1.807) is 37.5 Å². The summed E-state index contributed by atoms with van der Waals surface area (Å²) in [6.07, 6.45) is 7.12. The molecule has 0 bridgehead atoms. The second-order valence-electron chi connectivity index (χ2n) is 9.46. The first-order chi connectivity index (χ1) is 20.2. The predicted octanol–water partition coefficient (Wildman–Crippen LogP) is 5.27. The van der Waals surface area contributed by atoms with Gasteiger partial charge < -0.3 is 19.0 Å². The number of methoxy groups -OCH3 is 2. The standard InChI is InChI=1S/C30H25Br2N2O8/c1-39-17-8-10-23-19(15-17)28(30(38)41-29-21(31)5-3-6-22(29)32)20-16-18(40-2)9-11-24(20)33(23)14-4-7-27(37)42-34-25(35)12-13-26(34)36/h3,5-6,8-11,15,28H,4,7,12-14H2,1-2H3/q+1. The number of carbonyl (C=O) groups excluding carboxylic acids is 4. The fourth-order valence-electron chi connectivity index (χ4n) is 4.89. The van der Waals surface area contributed by atoms with Crippen molar-refractivity contribution in [1.29, 1.82) is 0 Å². The lowest BCUT2D eigenvalue weighted by atomic mass is 9.82. The number of amides is 2. The molecule has 1 unspecified atom stereocenters. The SMILES string of the molecule is COC1=[C+]C2=C(C=C1)N(CCCC(=O)ON1C(=O)CCC1=O)c1ccc(OC)cc1C2C(=O)Oc1c(Br)cccc1Br. The summed E-state index contributed by atoms with van der Waals surface area (Å²) in [5, 5.41) is 0.543. The molecule has 10 nitrogen and oxygen atoms in total. The van der Waals surface area contributed by atoms with Gasteiger partial charge in [-0.15, -0.1) is 5.06 Å². The Balaban J connectivity index is 1.47. The minimum Gasteiger partial charge on any atom is -0.497 e. The zero-order valence-electron chi connectivity index (χ0n) is 22.6. The average Bonchev–Trinajstić information content (AvgIpc) is 3.30. The molecule has 0 saturated carbocycles. The van der Waals surface area contributed by atoms with E-state index in [1.807, 2.05) is 23.1 Å². The van der Waals surface area contributed by atoms with E-state index < -0.39 is 29.7 Å². The van der Waals surface area contributed by atoms with Crippen molar-refractivity contribution in [3.63, 3.8) is 0 Å². The summed E-state index contributed by atoms with van der Waals surface area (Å²) in [5.74, 6) is -1.85. The van der Waals surface area contributed by atoms with Crippen LogP contribution in [0.4, 0.5) is 5.69 Å². The molecule has 42 heavy (non-hydrogen) atoms. The van der Waals surface area contributed by atoms with Crippen LogP contribution in [0, 0.1) is 6.08 Å². The number of hydrogen-bond acceptors (Lipinski definition) is 9. The number of rotatable bonds is 9. The van der Waals surface area contributed by atoms with Crippen LogP contribution in [0.15, 0.2) is 74.5 Å². The lowest BCUT2D eigenvalue weighted by molar-refractivity contribution is -0.197. The monoisotopic (exact) mass is 699 g/mol. The van der Waals surface area contributed by atoms with Gasteiger partial charge in [0.1, 0.15) is 11.7 Å². The second-order valence-corrected chi connectivity index (χ2v) is 11.2. The number of esters is 1. The maximum Gasteiger partial charge on any atom is 0.333 e. The molecule has 2 amide bonds. The molecule has 1 atom stereocenters. The number of para-hydroxylation sites is 1. The van der Waals surface area contributed by atoms with Crippen molar-refractivity contribution < 1.29 is 38.2 Å². The first kappa shape index (κ1) is 29.5. The van der Waals surface area contributed by atoms with Gasteiger partial charge in [-0.25, -0.2) is 4.79 Å². The van der Waals surface area contributed by atoms with E-state index in [0.717, 1.165) is 0 Å². The molecule has 1 saturated heterocycles. The van der Waals surface area contributed by atoms with Gasteiger partial charge in [-0.3, -0.25) is 19.3 Å². The minimum absolute atomic E-state index is 0.0265. The molecule has 2 aromatic carbocycles. The molecule has 0 aromatic heterocycles. The van der Waals surface area contributed by atoms with Gasteiger partial charge in [-0.1, -0.05) is 6.07 Å². The second kappa shape index (κ2) is 12.5. The maximum atomic E-state index is 13.9. The molecule has 216 valence electrons. The van der Waals surface area contributed by atoms with Gasteiger partial charge in [0, 0.05) is 31.4 Å². The lowest BCUT2D eigenvalue weighted by Crippen LogP contribution is -2.35. The Hall–Kier alpha value is -3.99. The zero-order chi connectivity index (χ0) is 30.0. The Morgan fingerprint density at radius 3 is 2.38 bits per heavy atom. The van der Waals surface area contributed by atoms with Crippen LogP contribution in [0.5, 0.6) is 11.5 Å². The van der Waals surface area contributed by atoms with Gasteiger partial charge in [0.15, 0.2) is 17.0 Å². The first-order valence-electron chi connectivity index (χ1n) is 13.0. The van der Waals surface area contributed by atoms with E-state index in [1.165, 1.54) is 7.11 Å². The van der Waals surface area contributed by atoms with Gasteiger partial charge in [0.25, 0.3) is 17.6 Å². The third kappa shape index (κ3) is 5.83. The van der Waals surface area contributed by atoms with E-state index in [-0.39, 0.29) is 19.3 Å². The summed E-state index contributed by atoms with van der Waals surface area (Å²) in [5.41, 5.74) is 2.54. The van der Waals surface area contributed by atoms with Crippen molar-refractivity contribution >= 4 is 61.3 Å². The van der Waals surface area contributed by atoms with Crippen LogP contribution in [0.2, 0.25) is 0 Å². The number of fused-ring (bicyclic) bond motifs is 1. The topological polar surface area (TPSA) is 112 Å².